The summed E-state index contributed by atoms with van der Waals surface area (Å²) in [6, 6.07) is 19.1. The fraction of sp³-hybridized carbons (Fsp3) is 0.238. The monoisotopic (exact) mass is 379 g/mol. The first-order chi connectivity index (χ1) is 13.6. The van der Waals surface area contributed by atoms with Gasteiger partial charge in [0.25, 0.3) is 0 Å². The van der Waals surface area contributed by atoms with Crippen molar-refractivity contribution in [3.63, 3.8) is 0 Å². The van der Waals surface area contributed by atoms with Crippen molar-refractivity contribution in [2.45, 2.75) is 6.10 Å². The summed E-state index contributed by atoms with van der Waals surface area (Å²) >= 11 is 0. The molecular formula is C21H25N5O2. The lowest BCUT2D eigenvalue weighted by atomic mass is 10.3. The number of hydrogen-bond acceptors (Lipinski definition) is 7. The van der Waals surface area contributed by atoms with E-state index in [2.05, 4.69) is 20.6 Å². The standard InChI is InChI=1S/C21H25N5O2/c1-26(2)14-18(27)15-28-19-10-8-17(9-11-19)23-20-12-13-22-21(25-20)24-16-6-4-3-5-7-16/h3-13,18,27H,14-15H2,1-2H3,(H2,22,23,24,25). The Morgan fingerprint density at radius 2 is 1.68 bits per heavy atom. The number of anilines is 4. The molecule has 0 aliphatic rings. The minimum absolute atomic E-state index is 0.255. The Hall–Kier alpha value is -3.16. The second-order valence-corrected chi connectivity index (χ2v) is 6.63. The molecule has 0 amide bonds. The molecule has 0 saturated carbocycles. The van der Waals surface area contributed by atoms with Crippen molar-refractivity contribution in [3.05, 3.63) is 66.9 Å². The Kier molecular flexibility index (Phi) is 6.78. The Bertz CT molecular complexity index is 856. The predicted octanol–water partition coefficient (Wildman–Crippen LogP) is 3.27. The van der Waals surface area contributed by atoms with E-state index in [9.17, 15) is 5.11 Å². The summed E-state index contributed by atoms with van der Waals surface area (Å²) in [5, 5.41) is 16.3. The Morgan fingerprint density at radius 1 is 0.964 bits per heavy atom. The number of aromatic nitrogens is 2. The van der Waals surface area contributed by atoms with Crippen LogP contribution in [0.1, 0.15) is 0 Å². The van der Waals surface area contributed by atoms with Crippen molar-refractivity contribution in [1.82, 2.24) is 14.9 Å². The molecule has 3 aromatic rings. The van der Waals surface area contributed by atoms with Gasteiger partial charge in [0.2, 0.25) is 5.95 Å². The first kappa shape index (κ1) is 19.6. The molecule has 1 atom stereocenters. The predicted molar refractivity (Wildman–Crippen MR) is 112 cm³/mol. The lowest BCUT2D eigenvalue weighted by Gasteiger charge is -2.16. The summed E-state index contributed by atoms with van der Waals surface area (Å²) in [4.78, 5) is 10.6. The SMILES string of the molecule is CN(C)CC(O)COc1ccc(Nc2ccnc(Nc3ccccc3)n2)cc1. The number of nitrogens with one attached hydrogen (secondary N) is 2. The molecule has 146 valence electrons. The smallest absolute Gasteiger partial charge is 0.229 e. The summed E-state index contributed by atoms with van der Waals surface area (Å²) in [5.41, 5.74) is 1.81. The summed E-state index contributed by atoms with van der Waals surface area (Å²) < 4.78 is 5.62. The van der Waals surface area contributed by atoms with Gasteiger partial charge in [-0.15, -0.1) is 0 Å². The van der Waals surface area contributed by atoms with E-state index in [1.54, 1.807) is 12.3 Å². The van der Waals surface area contributed by atoms with Crippen LogP contribution in [-0.4, -0.2) is 53.3 Å². The minimum Gasteiger partial charge on any atom is -0.491 e. The number of nitrogens with zero attached hydrogens (tertiary/aromatic N) is 3. The number of rotatable bonds is 9. The van der Waals surface area contributed by atoms with Gasteiger partial charge in [-0.25, -0.2) is 4.98 Å². The third-order valence-corrected chi connectivity index (χ3v) is 3.83. The molecule has 0 aliphatic heterocycles. The van der Waals surface area contributed by atoms with Crippen LogP contribution in [0.25, 0.3) is 0 Å². The summed E-state index contributed by atoms with van der Waals surface area (Å²) in [6.45, 7) is 0.818. The van der Waals surface area contributed by atoms with E-state index >= 15 is 0 Å². The fourth-order valence-corrected chi connectivity index (χ4v) is 2.59. The van der Waals surface area contributed by atoms with Crippen molar-refractivity contribution in [2.24, 2.45) is 0 Å². The topological polar surface area (TPSA) is 82.5 Å². The molecule has 3 rings (SSSR count). The number of likely N-dealkylation sites (N-methyl/N-ethyl adjacent to an activating group) is 1. The molecule has 0 spiro atoms. The van der Waals surface area contributed by atoms with Gasteiger partial charge in [0.15, 0.2) is 0 Å². The van der Waals surface area contributed by atoms with Gasteiger partial charge < -0.3 is 25.4 Å². The minimum atomic E-state index is -0.524. The maximum absolute atomic E-state index is 9.86. The van der Waals surface area contributed by atoms with Crippen LogP contribution in [0.15, 0.2) is 66.9 Å². The third-order valence-electron chi connectivity index (χ3n) is 3.83. The quantitative estimate of drug-likeness (QED) is 0.526. The van der Waals surface area contributed by atoms with Crippen molar-refractivity contribution in [1.29, 1.82) is 0 Å². The van der Waals surface area contributed by atoms with Gasteiger partial charge in [0.05, 0.1) is 0 Å². The average molecular weight is 379 g/mol. The van der Waals surface area contributed by atoms with Crippen LogP contribution >= 0.6 is 0 Å². The zero-order valence-electron chi connectivity index (χ0n) is 16.0. The van der Waals surface area contributed by atoms with E-state index in [0.717, 1.165) is 11.4 Å². The Morgan fingerprint density at radius 3 is 2.39 bits per heavy atom. The molecule has 7 heteroatoms. The second kappa shape index (κ2) is 9.68. The summed E-state index contributed by atoms with van der Waals surface area (Å²) in [5.74, 6) is 1.91. The molecule has 2 aromatic carbocycles. The molecule has 0 fully saturated rings. The zero-order chi connectivity index (χ0) is 19.8. The average Bonchev–Trinajstić information content (AvgIpc) is 2.68. The maximum atomic E-state index is 9.86. The van der Waals surface area contributed by atoms with Crippen LogP contribution in [0, 0.1) is 0 Å². The van der Waals surface area contributed by atoms with Crippen LogP contribution in [0.3, 0.4) is 0 Å². The normalized spacial score (nSPS) is 11.9. The molecule has 0 aliphatic carbocycles. The molecule has 0 radical (unpaired) electrons. The van der Waals surface area contributed by atoms with Gasteiger partial charge in [-0.2, -0.15) is 4.98 Å². The van der Waals surface area contributed by atoms with Crippen molar-refractivity contribution in [3.8, 4) is 5.75 Å². The molecule has 1 unspecified atom stereocenters. The van der Waals surface area contributed by atoms with Crippen LogP contribution in [0.5, 0.6) is 5.75 Å². The molecule has 7 nitrogen and oxygen atoms in total. The molecule has 1 heterocycles. The third kappa shape index (κ3) is 6.22. The summed E-state index contributed by atoms with van der Waals surface area (Å²) in [6.07, 6.45) is 1.17. The van der Waals surface area contributed by atoms with Gasteiger partial charge in [-0.3, -0.25) is 0 Å². The van der Waals surface area contributed by atoms with E-state index in [0.29, 0.717) is 24.1 Å². The zero-order valence-corrected chi connectivity index (χ0v) is 16.0. The van der Waals surface area contributed by atoms with Crippen LogP contribution in [0.2, 0.25) is 0 Å². The fourth-order valence-electron chi connectivity index (χ4n) is 2.59. The molecule has 0 saturated heterocycles. The van der Waals surface area contributed by atoms with E-state index in [4.69, 9.17) is 4.74 Å². The molecule has 0 bridgehead atoms. The highest BCUT2D eigenvalue weighted by Gasteiger charge is 2.07. The van der Waals surface area contributed by atoms with Gasteiger partial charge in [0, 0.05) is 24.1 Å². The largest absolute Gasteiger partial charge is 0.491 e. The summed E-state index contributed by atoms with van der Waals surface area (Å²) in [7, 11) is 3.83. The van der Waals surface area contributed by atoms with Gasteiger partial charge in [-0.1, -0.05) is 18.2 Å². The highest BCUT2D eigenvalue weighted by molar-refractivity contribution is 5.59. The van der Waals surface area contributed by atoms with E-state index < -0.39 is 6.10 Å². The second-order valence-electron chi connectivity index (χ2n) is 6.63. The van der Waals surface area contributed by atoms with E-state index in [1.165, 1.54) is 0 Å². The van der Waals surface area contributed by atoms with Crippen molar-refractivity contribution in [2.75, 3.05) is 37.9 Å². The van der Waals surface area contributed by atoms with Crippen molar-refractivity contribution < 1.29 is 9.84 Å². The highest BCUT2D eigenvalue weighted by Crippen LogP contribution is 2.20. The lowest BCUT2D eigenvalue weighted by molar-refractivity contribution is 0.0831. The highest BCUT2D eigenvalue weighted by atomic mass is 16.5. The maximum Gasteiger partial charge on any atom is 0.229 e. The lowest BCUT2D eigenvalue weighted by Crippen LogP contribution is -2.30. The van der Waals surface area contributed by atoms with E-state index in [1.807, 2.05) is 73.6 Å². The molecule has 28 heavy (non-hydrogen) atoms. The van der Waals surface area contributed by atoms with E-state index in [-0.39, 0.29) is 6.61 Å². The van der Waals surface area contributed by atoms with Crippen LogP contribution < -0.4 is 15.4 Å². The Balaban J connectivity index is 1.56. The van der Waals surface area contributed by atoms with Gasteiger partial charge >= 0.3 is 0 Å². The number of aliphatic hydroxyl groups excluding tert-OH is 1. The first-order valence-corrected chi connectivity index (χ1v) is 9.06. The first-order valence-electron chi connectivity index (χ1n) is 9.06. The number of para-hydroxylation sites is 1. The molecule has 1 aromatic heterocycles. The van der Waals surface area contributed by atoms with Crippen LogP contribution in [0.4, 0.5) is 23.1 Å². The molecule has 3 N–H and O–H groups in total. The van der Waals surface area contributed by atoms with Gasteiger partial charge in [0.1, 0.15) is 24.3 Å². The molecular weight excluding hydrogens is 354 g/mol. The van der Waals surface area contributed by atoms with Gasteiger partial charge in [-0.05, 0) is 56.6 Å². The number of hydrogen-bond donors (Lipinski definition) is 3. The number of ether oxygens (including phenoxy) is 1. The number of benzene rings is 2. The number of aliphatic hydroxyl groups is 1. The van der Waals surface area contributed by atoms with Crippen LogP contribution in [-0.2, 0) is 0 Å². The Labute approximate surface area is 165 Å². The van der Waals surface area contributed by atoms with Crippen molar-refractivity contribution >= 4 is 23.1 Å².